The van der Waals surface area contributed by atoms with Crippen LogP contribution in [0.2, 0.25) is 0 Å². The van der Waals surface area contributed by atoms with Crippen molar-refractivity contribution in [3.63, 3.8) is 0 Å². The maximum absolute atomic E-state index is 5.74. The molecule has 3 heterocycles. The first-order chi connectivity index (χ1) is 21.2. The summed E-state index contributed by atoms with van der Waals surface area (Å²) in [7, 11) is 0. The van der Waals surface area contributed by atoms with Gasteiger partial charge in [0.25, 0.3) is 0 Å². The smallest absolute Gasteiger partial charge is 0.135 e. The molecule has 0 aliphatic heterocycles. The van der Waals surface area contributed by atoms with Crippen LogP contribution in [-0.2, 0) is 0 Å². The van der Waals surface area contributed by atoms with Gasteiger partial charge in [-0.3, -0.25) is 4.98 Å². The summed E-state index contributed by atoms with van der Waals surface area (Å²) < 4.78 is 15.4. The predicted molar refractivity (Wildman–Crippen MR) is 224 cm³/mol. The summed E-state index contributed by atoms with van der Waals surface area (Å²) in [5.41, 5.74) is 4.04. The number of furan rings is 1. The van der Waals surface area contributed by atoms with E-state index in [0.29, 0.717) is 0 Å². The number of aromatic nitrogens is 1. The van der Waals surface area contributed by atoms with E-state index in [2.05, 4.69) is 193 Å². The van der Waals surface area contributed by atoms with Crippen LogP contribution in [0, 0.1) is 10.7 Å². The Kier molecular flexibility index (Phi) is 11.0. The van der Waals surface area contributed by atoms with Crippen molar-refractivity contribution in [2.45, 2.75) is 0 Å². The number of hydrogen-bond acceptors (Lipinski definition) is 3. The highest BCUT2D eigenvalue weighted by Crippen LogP contribution is 2.36. The van der Waals surface area contributed by atoms with Gasteiger partial charge in [0.1, 0.15) is 11.2 Å². The molecule has 2 nitrogen and oxygen atoms in total. The first kappa shape index (κ1) is 32.8. The fourth-order valence-corrected chi connectivity index (χ4v) is 7.97. The molecular weight excluding hydrogens is 1100 g/mol. The van der Waals surface area contributed by atoms with E-state index >= 15 is 0 Å². The third kappa shape index (κ3) is 7.88. The molecule has 0 atom stereocenters. The zero-order valence-corrected chi connectivity index (χ0v) is 34.5. The lowest BCUT2D eigenvalue weighted by molar-refractivity contribution is 0.669. The molecule has 0 bridgehead atoms. The molecular formula is C35H19Br3I3NOS. The predicted octanol–water partition coefficient (Wildman–Crippen LogP) is 14.5. The van der Waals surface area contributed by atoms with Gasteiger partial charge in [0.2, 0.25) is 0 Å². The topological polar surface area (TPSA) is 26.0 Å². The van der Waals surface area contributed by atoms with Crippen LogP contribution in [0.25, 0.3) is 53.4 Å². The summed E-state index contributed by atoms with van der Waals surface area (Å²) in [6, 6.07) is 37.6. The van der Waals surface area contributed by atoms with Gasteiger partial charge in [-0.05, 0) is 165 Å². The minimum atomic E-state index is 0.940. The summed E-state index contributed by atoms with van der Waals surface area (Å²) in [5.74, 6) is 0. The molecule has 0 amide bonds. The van der Waals surface area contributed by atoms with Gasteiger partial charge in [-0.2, -0.15) is 0 Å². The summed E-state index contributed by atoms with van der Waals surface area (Å²) in [6.07, 6.45) is 1.87. The maximum atomic E-state index is 5.74. The number of pyridine rings is 1. The van der Waals surface area contributed by atoms with Crippen LogP contribution in [0.3, 0.4) is 0 Å². The molecule has 0 N–H and O–H groups in total. The van der Waals surface area contributed by atoms with Crippen molar-refractivity contribution in [3.8, 4) is 11.3 Å². The Balaban J connectivity index is 0.000000117. The normalized spacial score (nSPS) is 11.0. The molecule has 0 fully saturated rings. The van der Waals surface area contributed by atoms with Gasteiger partial charge >= 0.3 is 0 Å². The Labute approximate surface area is 324 Å². The van der Waals surface area contributed by atoms with Crippen molar-refractivity contribution in [2.24, 2.45) is 0 Å². The van der Waals surface area contributed by atoms with Crippen LogP contribution in [0.4, 0.5) is 0 Å². The maximum Gasteiger partial charge on any atom is 0.135 e. The van der Waals surface area contributed by atoms with Crippen LogP contribution in [0.15, 0.2) is 133 Å². The fourth-order valence-electron chi connectivity index (χ4n) is 4.61. The summed E-state index contributed by atoms with van der Waals surface area (Å²) in [4.78, 5) is 4.36. The lowest BCUT2D eigenvalue weighted by Gasteiger charge is -2.00. The van der Waals surface area contributed by atoms with E-state index in [1.165, 1.54) is 32.7 Å². The number of nitrogens with zero attached hydrogens (tertiary/aromatic N) is 1. The molecule has 0 aliphatic carbocycles. The average Bonchev–Trinajstić information content (AvgIpc) is 3.55. The van der Waals surface area contributed by atoms with E-state index in [9.17, 15) is 0 Å². The molecule has 0 spiro atoms. The fraction of sp³-hybridized carbons (Fsp3) is 0. The van der Waals surface area contributed by atoms with Crippen LogP contribution in [0.5, 0.6) is 0 Å². The summed E-state index contributed by atoms with van der Waals surface area (Å²) in [6.45, 7) is 0. The molecule has 0 radical (unpaired) electrons. The third-order valence-electron chi connectivity index (χ3n) is 6.65. The quantitative estimate of drug-likeness (QED) is 0.153. The molecule has 0 unspecified atom stereocenters. The minimum absolute atomic E-state index is 0.940. The van der Waals surface area contributed by atoms with Gasteiger partial charge in [0.05, 0.1) is 5.69 Å². The lowest BCUT2D eigenvalue weighted by atomic mass is 10.1. The van der Waals surface area contributed by atoms with Crippen molar-refractivity contribution >= 4 is 169 Å². The molecule has 3 aromatic heterocycles. The van der Waals surface area contributed by atoms with Crippen molar-refractivity contribution in [1.82, 2.24) is 4.98 Å². The molecule has 8 rings (SSSR count). The van der Waals surface area contributed by atoms with Gasteiger partial charge in [0.15, 0.2) is 0 Å². The highest BCUT2D eigenvalue weighted by Gasteiger charge is 2.07. The number of hydrogen-bond donors (Lipinski definition) is 0. The van der Waals surface area contributed by atoms with E-state index in [4.69, 9.17) is 4.42 Å². The Bertz CT molecular complexity index is 1970. The van der Waals surface area contributed by atoms with E-state index in [-0.39, 0.29) is 0 Å². The van der Waals surface area contributed by atoms with Crippen LogP contribution >= 0.6 is 127 Å². The van der Waals surface area contributed by atoms with Crippen molar-refractivity contribution in [3.05, 3.63) is 140 Å². The minimum Gasteiger partial charge on any atom is -0.456 e. The van der Waals surface area contributed by atoms with Gasteiger partial charge in [-0.1, -0.05) is 59.9 Å². The second-order valence-corrected chi connectivity index (χ2v) is 17.2. The van der Waals surface area contributed by atoms with E-state index < -0.39 is 0 Å². The van der Waals surface area contributed by atoms with E-state index in [1.54, 1.807) is 0 Å². The monoisotopic (exact) mass is 1120 g/mol. The van der Waals surface area contributed by atoms with Crippen molar-refractivity contribution < 1.29 is 4.42 Å². The van der Waals surface area contributed by atoms with Gasteiger partial charge in [-0.15, -0.1) is 11.3 Å². The number of fused-ring (bicyclic) bond motifs is 6. The number of benzene rings is 5. The Morgan fingerprint density at radius 1 is 0.500 bits per heavy atom. The average molecular weight is 1120 g/mol. The van der Waals surface area contributed by atoms with Crippen LogP contribution < -0.4 is 0 Å². The standard InChI is InChI=1S/C12H6BrIO.C12H6BrIS.C11H7BrIN/c2*13-7-1-3-11-9(5-7)10-6-8(14)2-4-12(10)15-11;12-9-3-1-8(2-4-9)11-6-5-10(13)7-14-11/h2*1-6H;1-7H. The van der Waals surface area contributed by atoms with Gasteiger partial charge < -0.3 is 4.42 Å². The van der Waals surface area contributed by atoms with E-state index in [0.717, 1.165) is 44.8 Å². The molecule has 8 aromatic rings. The highest BCUT2D eigenvalue weighted by atomic mass is 127. The molecule has 0 saturated heterocycles. The first-order valence-corrected chi connectivity index (χ1v) is 19.6. The van der Waals surface area contributed by atoms with Crippen molar-refractivity contribution in [1.29, 1.82) is 0 Å². The lowest BCUT2D eigenvalue weighted by Crippen LogP contribution is -1.83. The number of rotatable bonds is 1. The first-order valence-electron chi connectivity index (χ1n) is 13.2. The zero-order valence-electron chi connectivity index (χ0n) is 22.5. The number of halogens is 6. The Morgan fingerprint density at radius 3 is 1.68 bits per heavy atom. The number of thiophene rings is 1. The molecule has 5 aromatic carbocycles. The summed E-state index contributed by atoms with van der Waals surface area (Å²) >= 11 is 19.2. The zero-order chi connectivity index (χ0) is 30.8. The highest BCUT2D eigenvalue weighted by molar-refractivity contribution is 14.1. The molecule has 218 valence electrons. The molecule has 0 saturated carbocycles. The van der Waals surface area contributed by atoms with Gasteiger partial charge in [-0.25, -0.2) is 0 Å². The molecule has 0 aliphatic rings. The molecule has 9 heteroatoms. The van der Waals surface area contributed by atoms with Crippen LogP contribution in [-0.4, -0.2) is 4.98 Å². The Morgan fingerprint density at radius 2 is 1.00 bits per heavy atom. The SMILES string of the molecule is Brc1ccc(-c2ccc(I)cn2)cc1.Brc1ccc2oc3ccc(I)cc3c2c1.Brc1ccc2sc3ccc(I)cc3c2c1. The Hall–Kier alpha value is -1.10. The van der Waals surface area contributed by atoms with Crippen LogP contribution in [0.1, 0.15) is 0 Å². The van der Waals surface area contributed by atoms with E-state index in [1.807, 2.05) is 53.9 Å². The molecule has 44 heavy (non-hydrogen) atoms. The van der Waals surface area contributed by atoms with Crippen molar-refractivity contribution in [2.75, 3.05) is 0 Å². The van der Waals surface area contributed by atoms with Gasteiger partial charge in [0, 0.05) is 66.8 Å². The third-order valence-corrected chi connectivity index (χ3v) is 11.3. The second-order valence-electron chi connectivity index (χ2n) is 9.63. The second kappa shape index (κ2) is 14.8. The summed E-state index contributed by atoms with van der Waals surface area (Å²) in [5, 5.41) is 5.06. The largest absolute Gasteiger partial charge is 0.456 e.